The van der Waals surface area contributed by atoms with E-state index in [9.17, 15) is 4.79 Å². The van der Waals surface area contributed by atoms with Gasteiger partial charge in [0.05, 0.1) is 4.90 Å². The normalized spacial score (nSPS) is 11.3. The lowest BCUT2D eigenvalue weighted by Crippen LogP contribution is -2.41. The van der Waals surface area contributed by atoms with Gasteiger partial charge in [0.2, 0.25) is 5.91 Å². The Morgan fingerprint density at radius 1 is 1.50 bits per heavy atom. The van der Waals surface area contributed by atoms with Crippen molar-refractivity contribution in [3.63, 3.8) is 0 Å². The number of carbonyl (C=O) groups is 1. The molecule has 1 heterocycles. The number of nitrogens with one attached hydrogen (secondary N) is 2. The van der Waals surface area contributed by atoms with Gasteiger partial charge in [-0.25, -0.2) is 0 Å². The van der Waals surface area contributed by atoms with Crippen molar-refractivity contribution in [1.29, 1.82) is 0 Å². The highest BCUT2D eigenvalue weighted by atomic mass is 32.2. The third-order valence-electron chi connectivity index (χ3n) is 2.03. The molecule has 0 bridgehead atoms. The van der Waals surface area contributed by atoms with Crippen LogP contribution >= 0.6 is 23.3 Å². The van der Waals surface area contributed by atoms with Gasteiger partial charge < -0.3 is 16.4 Å². The molecule has 1 aromatic rings. The summed E-state index contributed by atoms with van der Waals surface area (Å²) in [7, 11) is 0. The maximum absolute atomic E-state index is 11.6. The van der Waals surface area contributed by atoms with Crippen molar-refractivity contribution in [3.05, 3.63) is 0 Å². The van der Waals surface area contributed by atoms with Crippen LogP contribution in [0.5, 0.6) is 0 Å². The van der Waals surface area contributed by atoms with Crippen LogP contribution in [0, 0.1) is 0 Å². The van der Waals surface area contributed by atoms with Gasteiger partial charge in [-0.15, -0.1) is 11.8 Å². The smallest absolute Gasteiger partial charge is 0.222 e. The average Bonchev–Trinajstić information content (AvgIpc) is 2.56. The summed E-state index contributed by atoms with van der Waals surface area (Å²) in [5.41, 5.74) is 5.54. The Balaban J connectivity index is 2.40. The summed E-state index contributed by atoms with van der Waals surface area (Å²) in [4.78, 5) is 12.6. The van der Waals surface area contributed by atoms with E-state index in [1.165, 1.54) is 11.5 Å². The molecule has 0 spiro atoms. The van der Waals surface area contributed by atoms with Crippen molar-refractivity contribution in [2.24, 2.45) is 0 Å². The number of anilines is 2. The number of rotatable bonds is 5. The van der Waals surface area contributed by atoms with Crippen LogP contribution in [0.1, 0.15) is 27.2 Å². The summed E-state index contributed by atoms with van der Waals surface area (Å²) in [5.74, 6) is 0.590. The molecule has 0 aliphatic carbocycles. The Morgan fingerprint density at radius 2 is 2.17 bits per heavy atom. The van der Waals surface area contributed by atoms with Gasteiger partial charge >= 0.3 is 0 Å². The summed E-state index contributed by atoms with van der Waals surface area (Å²) in [6, 6.07) is 0. The molecule has 0 aliphatic rings. The number of nitrogens with two attached hydrogens (primary N) is 1. The van der Waals surface area contributed by atoms with E-state index < -0.39 is 0 Å². The molecule has 18 heavy (non-hydrogen) atoms. The molecule has 0 atom stereocenters. The quantitative estimate of drug-likeness (QED) is 0.724. The van der Waals surface area contributed by atoms with E-state index in [4.69, 9.17) is 5.73 Å². The number of aromatic nitrogens is 1. The minimum absolute atomic E-state index is 0.0400. The summed E-state index contributed by atoms with van der Waals surface area (Å²) in [6.45, 7) is 6.48. The van der Waals surface area contributed by atoms with Crippen molar-refractivity contribution < 1.29 is 4.79 Å². The van der Waals surface area contributed by atoms with Crippen molar-refractivity contribution >= 4 is 40.0 Å². The maximum Gasteiger partial charge on any atom is 0.222 e. The van der Waals surface area contributed by atoms with Gasteiger partial charge in [0, 0.05) is 18.5 Å². The number of amides is 1. The van der Waals surface area contributed by atoms with Crippen LogP contribution in [0.3, 0.4) is 0 Å². The fraction of sp³-hybridized carbons (Fsp3) is 0.636. The zero-order valence-electron chi connectivity index (χ0n) is 11.2. The molecule has 0 unspecified atom stereocenters. The van der Waals surface area contributed by atoms with Gasteiger partial charge in [-0.2, -0.15) is 4.37 Å². The predicted molar refractivity (Wildman–Crippen MR) is 79.3 cm³/mol. The average molecular weight is 288 g/mol. The first-order valence-electron chi connectivity index (χ1n) is 5.67. The zero-order chi connectivity index (χ0) is 13.8. The molecule has 1 amide bonds. The number of nitrogen functional groups attached to an aromatic ring is 1. The van der Waals surface area contributed by atoms with Crippen LogP contribution in [-0.2, 0) is 4.79 Å². The highest BCUT2D eigenvalue weighted by Crippen LogP contribution is 2.34. The van der Waals surface area contributed by atoms with Crippen LogP contribution in [0.15, 0.2) is 4.90 Å². The van der Waals surface area contributed by atoms with Crippen LogP contribution < -0.4 is 16.4 Å². The van der Waals surface area contributed by atoms with Gasteiger partial charge in [0.1, 0.15) is 5.00 Å². The summed E-state index contributed by atoms with van der Waals surface area (Å²) in [5, 5.41) is 7.05. The Hall–Kier alpha value is -0.950. The first-order chi connectivity index (χ1) is 8.33. The van der Waals surface area contributed by atoms with E-state index in [1.807, 2.05) is 27.0 Å². The van der Waals surface area contributed by atoms with Crippen LogP contribution in [0.25, 0.3) is 0 Å². The van der Waals surface area contributed by atoms with Crippen molar-refractivity contribution in [2.45, 2.75) is 37.6 Å². The summed E-state index contributed by atoms with van der Waals surface area (Å²) >= 11 is 2.88. The van der Waals surface area contributed by atoms with Gasteiger partial charge in [-0.05, 0) is 38.6 Å². The standard InChI is InChI=1S/C11H20N4OS2/c1-11(2,3)14-7(16)5-6-13-10-8(17-4)9(12)15-18-10/h13H,5-6H2,1-4H3,(H2,12,15)(H,14,16). The minimum atomic E-state index is -0.184. The monoisotopic (exact) mass is 288 g/mol. The first kappa shape index (κ1) is 15.1. The SMILES string of the molecule is CSc1c(N)nsc1NCCC(=O)NC(C)(C)C. The molecule has 1 rings (SSSR count). The van der Waals surface area contributed by atoms with Crippen LogP contribution in [0.2, 0.25) is 0 Å². The van der Waals surface area contributed by atoms with Gasteiger partial charge in [-0.1, -0.05) is 0 Å². The lowest BCUT2D eigenvalue weighted by atomic mass is 10.1. The topological polar surface area (TPSA) is 80.0 Å². The van der Waals surface area contributed by atoms with Crippen molar-refractivity contribution in [2.75, 3.05) is 23.9 Å². The third-order valence-corrected chi connectivity index (χ3v) is 3.80. The lowest BCUT2D eigenvalue weighted by Gasteiger charge is -2.20. The Kier molecular flexibility index (Phi) is 5.28. The second-order valence-corrected chi connectivity index (χ2v) is 6.50. The first-order valence-corrected chi connectivity index (χ1v) is 7.67. The summed E-state index contributed by atoms with van der Waals surface area (Å²) < 4.78 is 4.08. The Morgan fingerprint density at radius 3 is 2.72 bits per heavy atom. The van der Waals surface area contributed by atoms with E-state index in [-0.39, 0.29) is 11.4 Å². The second-order valence-electron chi connectivity index (χ2n) is 4.91. The van der Waals surface area contributed by atoms with Crippen LogP contribution in [0.4, 0.5) is 10.8 Å². The molecule has 102 valence electrons. The molecule has 0 aliphatic heterocycles. The minimum Gasteiger partial charge on any atom is -0.382 e. The molecule has 0 fully saturated rings. The van der Waals surface area contributed by atoms with Crippen molar-refractivity contribution in [1.82, 2.24) is 9.69 Å². The van der Waals surface area contributed by atoms with E-state index >= 15 is 0 Å². The number of thioether (sulfide) groups is 1. The zero-order valence-corrected chi connectivity index (χ0v) is 12.8. The van der Waals surface area contributed by atoms with Gasteiger partial charge in [-0.3, -0.25) is 4.79 Å². The van der Waals surface area contributed by atoms with E-state index in [2.05, 4.69) is 15.0 Å². The molecular weight excluding hydrogens is 268 g/mol. The number of nitrogens with zero attached hydrogens (tertiary/aromatic N) is 1. The lowest BCUT2D eigenvalue weighted by molar-refractivity contribution is -0.122. The molecule has 4 N–H and O–H groups in total. The van der Waals surface area contributed by atoms with E-state index in [1.54, 1.807) is 11.8 Å². The Labute approximate surface area is 116 Å². The molecule has 1 aromatic heterocycles. The highest BCUT2D eigenvalue weighted by molar-refractivity contribution is 7.99. The van der Waals surface area contributed by atoms with Crippen LogP contribution in [-0.4, -0.2) is 28.6 Å². The summed E-state index contributed by atoms with van der Waals surface area (Å²) in [6.07, 6.45) is 2.39. The largest absolute Gasteiger partial charge is 0.382 e. The molecule has 0 radical (unpaired) electrons. The second kappa shape index (κ2) is 6.29. The fourth-order valence-electron chi connectivity index (χ4n) is 1.37. The predicted octanol–water partition coefficient (Wildman–Crippen LogP) is 2.16. The van der Waals surface area contributed by atoms with E-state index in [0.717, 1.165) is 9.90 Å². The molecule has 0 aromatic carbocycles. The van der Waals surface area contributed by atoms with Gasteiger partial charge in [0.25, 0.3) is 0 Å². The fourth-order valence-corrected chi connectivity index (χ4v) is 2.94. The molecule has 7 heteroatoms. The van der Waals surface area contributed by atoms with Gasteiger partial charge in [0.15, 0.2) is 5.82 Å². The number of carbonyl (C=O) groups excluding carboxylic acids is 1. The molecule has 5 nitrogen and oxygen atoms in total. The highest BCUT2D eigenvalue weighted by Gasteiger charge is 2.14. The molecule has 0 saturated carbocycles. The van der Waals surface area contributed by atoms with Crippen molar-refractivity contribution in [3.8, 4) is 0 Å². The van der Waals surface area contributed by atoms with E-state index in [0.29, 0.717) is 18.8 Å². The third kappa shape index (κ3) is 4.73. The number of hydrogen-bond donors (Lipinski definition) is 3. The number of hydrogen-bond acceptors (Lipinski definition) is 6. The maximum atomic E-state index is 11.6. The molecule has 0 saturated heterocycles. The molecular formula is C11H20N4OS2. The Bertz CT molecular complexity index is 412.